The Morgan fingerprint density at radius 1 is 1.62 bits per heavy atom. The molecule has 2 rings (SSSR count). The van der Waals surface area contributed by atoms with Gasteiger partial charge in [0.1, 0.15) is 5.82 Å². The second-order valence-corrected chi connectivity index (χ2v) is 3.31. The van der Waals surface area contributed by atoms with Crippen molar-refractivity contribution >= 4 is 11.5 Å². The third-order valence-corrected chi connectivity index (χ3v) is 2.31. The van der Waals surface area contributed by atoms with Crippen LogP contribution < -0.4 is 5.32 Å². The van der Waals surface area contributed by atoms with Crippen LogP contribution in [0.2, 0.25) is 0 Å². The van der Waals surface area contributed by atoms with Crippen LogP contribution in [0, 0.1) is 5.82 Å². The van der Waals surface area contributed by atoms with Gasteiger partial charge in [-0.1, -0.05) is 0 Å². The minimum absolute atomic E-state index is 0.0941. The van der Waals surface area contributed by atoms with Crippen LogP contribution in [0.3, 0.4) is 0 Å². The molecule has 1 aromatic rings. The molecule has 1 aliphatic rings. The number of nitrogens with one attached hydrogen (secondary N) is 1. The van der Waals surface area contributed by atoms with Crippen LogP contribution in [-0.4, -0.2) is 11.8 Å². The Labute approximate surface area is 75.8 Å². The molecule has 1 unspecified atom stereocenters. The lowest BCUT2D eigenvalue weighted by molar-refractivity contribution is -0.117. The van der Waals surface area contributed by atoms with E-state index in [0.717, 1.165) is 11.3 Å². The summed E-state index contributed by atoms with van der Waals surface area (Å²) in [5.41, 5.74) is 1.77. The maximum Gasteiger partial charge on any atom is 0.152 e. The third kappa shape index (κ3) is 1.41. The highest BCUT2D eigenvalue weighted by Crippen LogP contribution is 2.26. The Kier molecular flexibility index (Phi) is 1.79. The van der Waals surface area contributed by atoms with Gasteiger partial charge in [0.15, 0.2) is 5.78 Å². The first kappa shape index (κ1) is 8.23. The van der Waals surface area contributed by atoms with Gasteiger partial charge in [-0.3, -0.25) is 4.79 Å². The van der Waals surface area contributed by atoms with Gasteiger partial charge in [0, 0.05) is 12.1 Å². The predicted octanol–water partition coefficient (Wildman–Crippen LogP) is 1.75. The van der Waals surface area contributed by atoms with Gasteiger partial charge in [-0.05, 0) is 30.7 Å². The van der Waals surface area contributed by atoms with Crippen molar-refractivity contribution in [2.24, 2.45) is 0 Å². The summed E-state index contributed by atoms with van der Waals surface area (Å²) < 4.78 is 12.8. The van der Waals surface area contributed by atoms with Crippen LogP contribution in [-0.2, 0) is 11.2 Å². The summed E-state index contributed by atoms with van der Waals surface area (Å²) in [7, 11) is 0. The monoisotopic (exact) mass is 179 g/mol. The van der Waals surface area contributed by atoms with E-state index in [1.165, 1.54) is 12.1 Å². The lowest BCUT2D eigenvalue weighted by Crippen LogP contribution is -2.23. The summed E-state index contributed by atoms with van der Waals surface area (Å²) in [6.45, 7) is 1.54. The molecule has 0 bridgehead atoms. The van der Waals surface area contributed by atoms with Crippen molar-refractivity contribution in [1.29, 1.82) is 0 Å². The molecule has 0 spiro atoms. The lowest BCUT2D eigenvalue weighted by atomic mass is 10.1. The summed E-state index contributed by atoms with van der Waals surface area (Å²) in [4.78, 5) is 11.0. The number of carbonyl (C=O) groups is 1. The normalized spacial score (nSPS) is 19.4. The van der Waals surface area contributed by atoms with Gasteiger partial charge in [-0.25, -0.2) is 4.39 Å². The zero-order valence-electron chi connectivity index (χ0n) is 7.30. The van der Waals surface area contributed by atoms with Crippen LogP contribution in [0.5, 0.6) is 0 Å². The number of ketones is 1. The van der Waals surface area contributed by atoms with Crippen molar-refractivity contribution in [3.05, 3.63) is 29.6 Å². The summed E-state index contributed by atoms with van der Waals surface area (Å²) in [5, 5.41) is 3.04. The first-order valence-corrected chi connectivity index (χ1v) is 4.22. The van der Waals surface area contributed by atoms with Crippen LogP contribution in [0.25, 0.3) is 0 Å². The number of hydrogen-bond acceptors (Lipinski definition) is 2. The summed E-state index contributed by atoms with van der Waals surface area (Å²) in [6, 6.07) is 4.38. The topological polar surface area (TPSA) is 29.1 Å². The van der Waals surface area contributed by atoms with E-state index in [1.54, 1.807) is 13.0 Å². The van der Waals surface area contributed by atoms with Crippen molar-refractivity contribution in [2.75, 3.05) is 5.32 Å². The molecule has 68 valence electrons. The molecule has 0 saturated carbocycles. The van der Waals surface area contributed by atoms with Gasteiger partial charge in [0.05, 0.1) is 6.04 Å². The molecule has 0 aromatic heterocycles. The van der Waals surface area contributed by atoms with E-state index in [0.29, 0.717) is 6.42 Å². The van der Waals surface area contributed by atoms with Gasteiger partial charge >= 0.3 is 0 Å². The van der Waals surface area contributed by atoms with E-state index in [4.69, 9.17) is 0 Å². The van der Waals surface area contributed by atoms with Crippen molar-refractivity contribution < 1.29 is 9.18 Å². The Hall–Kier alpha value is -1.38. The molecule has 3 heteroatoms. The van der Waals surface area contributed by atoms with Crippen molar-refractivity contribution in [3.63, 3.8) is 0 Å². The van der Waals surface area contributed by atoms with E-state index in [2.05, 4.69) is 5.32 Å². The smallest absolute Gasteiger partial charge is 0.152 e. The molecule has 1 aliphatic heterocycles. The molecule has 0 amide bonds. The third-order valence-electron chi connectivity index (χ3n) is 2.31. The zero-order valence-corrected chi connectivity index (χ0v) is 7.30. The minimum Gasteiger partial charge on any atom is -0.375 e. The van der Waals surface area contributed by atoms with Gasteiger partial charge < -0.3 is 5.32 Å². The SMILES string of the molecule is CC(=O)C1Cc2cc(F)ccc2N1. The minimum atomic E-state index is -0.246. The predicted molar refractivity (Wildman–Crippen MR) is 48.2 cm³/mol. The van der Waals surface area contributed by atoms with E-state index < -0.39 is 0 Å². The van der Waals surface area contributed by atoms with Crippen LogP contribution >= 0.6 is 0 Å². The maximum atomic E-state index is 12.8. The Morgan fingerprint density at radius 3 is 3.08 bits per heavy atom. The number of carbonyl (C=O) groups excluding carboxylic acids is 1. The van der Waals surface area contributed by atoms with Gasteiger partial charge in [0.25, 0.3) is 0 Å². The van der Waals surface area contributed by atoms with Crippen LogP contribution in [0.1, 0.15) is 12.5 Å². The van der Waals surface area contributed by atoms with Crippen molar-refractivity contribution in [2.45, 2.75) is 19.4 Å². The maximum absolute atomic E-state index is 12.8. The van der Waals surface area contributed by atoms with E-state index in [9.17, 15) is 9.18 Å². The summed E-state index contributed by atoms with van der Waals surface area (Å²) >= 11 is 0. The van der Waals surface area contributed by atoms with Crippen molar-refractivity contribution in [1.82, 2.24) is 0 Å². The molecule has 0 fully saturated rings. The van der Waals surface area contributed by atoms with E-state index in [1.807, 2.05) is 0 Å². The number of halogens is 1. The second-order valence-electron chi connectivity index (χ2n) is 3.31. The quantitative estimate of drug-likeness (QED) is 0.711. The highest BCUT2D eigenvalue weighted by atomic mass is 19.1. The number of Topliss-reactive ketones (excluding diaryl/α,β-unsaturated/α-hetero) is 1. The highest BCUT2D eigenvalue weighted by molar-refractivity contribution is 5.87. The average Bonchev–Trinajstić information content (AvgIpc) is 2.46. The van der Waals surface area contributed by atoms with Crippen LogP contribution in [0.4, 0.5) is 10.1 Å². The van der Waals surface area contributed by atoms with Gasteiger partial charge in [-0.2, -0.15) is 0 Å². The number of anilines is 1. The largest absolute Gasteiger partial charge is 0.375 e. The summed E-state index contributed by atoms with van der Waals surface area (Å²) in [5.74, 6) is -0.152. The fraction of sp³-hybridized carbons (Fsp3) is 0.300. The Morgan fingerprint density at radius 2 is 2.38 bits per heavy atom. The Bertz CT molecular complexity index is 362. The molecule has 0 saturated heterocycles. The highest BCUT2D eigenvalue weighted by Gasteiger charge is 2.23. The van der Waals surface area contributed by atoms with E-state index in [-0.39, 0.29) is 17.6 Å². The molecule has 13 heavy (non-hydrogen) atoms. The second kappa shape index (κ2) is 2.83. The molecular formula is C10H10FNO. The lowest BCUT2D eigenvalue weighted by Gasteiger charge is -2.04. The Balaban J connectivity index is 2.30. The first-order chi connectivity index (χ1) is 6.16. The average molecular weight is 179 g/mol. The molecule has 1 aromatic carbocycles. The molecule has 0 radical (unpaired) electrons. The van der Waals surface area contributed by atoms with E-state index >= 15 is 0 Å². The molecular weight excluding hydrogens is 169 g/mol. The first-order valence-electron chi connectivity index (χ1n) is 4.22. The van der Waals surface area contributed by atoms with Crippen LogP contribution in [0.15, 0.2) is 18.2 Å². The van der Waals surface area contributed by atoms with Crippen molar-refractivity contribution in [3.8, 4) is 0 Å². The number of rotatable bonds is 1. The number of hydrogen-bond donors (Lipinski definition) is 1. The molecule has 1 heterocycles. The fourth-order valence-corrected chi connectivity index (χ4v) is 1.58. The standard InChI is InChI=1S/C10H10FNO/c1-6(13)10-5-7-4-8(11)2-3-9(7)12-10/h2-4,10,12H,5H2,1H3. The molecule has 2 nitrogen and oxygen atoms in total. The molecule has 1 N–H and O–H groups in total. The number of fused-ring (bicyclic) bond motifs is 1. The molecule has 1 atom stereocenters. The molecule has 0 aliphatic carbocycles. The number of benzene rings is 1. The summed E-state index contributed by atoms with van der Waals surface area (Å²) in [6.07, 6.45) is 0.600. The fourth-order valence-electron chi connectivity index (χ4n) is 1.58. The van der Waals surface area contributed by atoms with Gasteiger partial charge in [0.2, 0.25) is 0 Å². The zero-order chi connectivity index (χ0) is 9.42. The van der Waals surface area contributed by atoms with Gasteiger partial charge in [-0.15, -0.1) is 0 Å².